The van der Waals surface area contributed by atoms with E-state index in [2.05, 4.69) is 25.9 Å². The second kappa shape index (κ2) is 7.93. The van der Waals surface area contributed by atoms with Crippen LogP contribution in [0.4, 0.5) is 5.69 Å². The number of carbonyl (C=O) groups excluding carboxylic acids is 1. The highest BCUT2D eigenvalue weighted by Crippen LogP contribution is 2.26. The topological polar surface area (TPSA) is 123 Å². The Morgan fingerprint density at radius 1 is 1.21 bits per heavy atom. The summed E-state index contributed by atoms with van der Waals surface area (Å²) in [5.74, 6) is 0.652. The molecule has 0 unspecified atom stereocenters. The molecule has 4 aromatic rings. The first-order chi connectivity index (χ1) is 14.2. The van der Waals surface area contributed by atoms with E-state index in [9.17, 15) is 9.59 Å². The van der Waals surface area contributed by atoms with Crippen molar-refractivity contribution in [2.75, 3.05) is 11.9 Å². The number of nitrogens with one attached hydrogen (secondary N) is 2. The molecule has 4 rings (SSSR count). The maximum atomic E-state index is 12.7. The predicted molar refractivity (Wildman–Crippen MR) is 106 cm³/mol. The number of benzene rings is 2. The lowest BCUT2D eigenvalue weighted by Gasteiger charge is -2.09. The van der Waals surface area contributed by atoms with Crippen LogP contribution in [0.15, 0.2) is 57.7 Å². The Balaban J connectivity index is 1.65. The fraction of sp³-hybridized carbons (Fsp3) is 0.150. The van der Waals surface area contributed by atoms with Gasteiger partial charge in [-0.05, 0) is 48.0 Å². The second-order valence-corrected chi connectivity index (χ2v) is 6.22. The van der Waals surface area contributed by atoms with E-state index in [1.54, 1.807) is 42.5 Å². The van der Waals surface area contributed by atoms with Crippen molar-refractivity contribution in [3.05, 3.63) is 64.3 Å². The number of ether oxygens (including phenoxy) is 1. The van der Waals surface area contributed by atoms with Crippen molar-refractivity contribution < 1.29 is 13.9 Å². The van der Waals surface area contributed by atoms with E-state index in [1.165, 1.54) is 6.07 Å². The minimum Gasteiger partial charge on any atom is -0.494 e. The van der Waals surface area contributed by atoms with Crippen LogP contribution in [-0.2, 0) is 0 Å². The van der Waals surface area contributed by atoms with Crippen LogP contribution >= 0.6 is 0 Å². The number of nitrogens with zero attached hydrogens (tertiary/aromatic N) is 3. The van der Waals surface area contributed by atoms with Gasteiger partial charge >= 0.3 is 0 Å². The molecule has 9 nitrogen and oxygen atoms in total. The number of tetrazole rings is 1. The molecule has 9 heteroatoms. The molecule has 0 bridgehead atoms. The summed E-state index contributed by atoms with van der Waals surface area (Å²) in [6.45, 7) is 2.64. The molecule has 2 N–H and O–H groups in total. The zero-order chi connectivity index (χ0) is 20.2. The summed E-state index contributed by atoms with van der Waals surface area (Å²) in [6, 6.07) is 13.1. The van der Waals surface area contributed by atoms with Crippen molar-refractivity contribution in [3.63, 3.8) is 0 Å². The molecular weight excluding hydrogens is 374 g/mol. The average molecular weight is 391 g/mol. The fourth-order valence-corrected chi connectivity index (χ4v) is 2.77. The van der Waals surface area contributed by atoms with Crippen LogP contribution in [0, 0.1) is 0 Å². The van der Waals surface area contributed by atoms with Crippen molar-refractivity contribution in [2.45, 2.75) is 13.3 Å². The molecule has 0 spiro atoms. The average Bonchev–Trinajstić information content (AvgIpc) is 3.28. The molecule has 146 valence electrons. The van der Waals surface area contributed by atoms with Gasteiger partial charge in [0, 0.05) is 11.6 Å². The van der Waals surface area contributed by atoms with Crippen molar-refractivity contribution in [3.8, 4) is 17.3 Å². The lowest BCUT2D eigenvalue weighted by molar-refractivity contribution is 0.102. The number of hydrogen-bond acceptors (Lipinski definition) is 7. The minimum absolute atomic E-state index is 0.146. The highest BCUT2D eigenvalue weighted by atomic mass is 16.5. The summed E-state index contributed by atoms with van der Waals surface area (Å²) >= 11 is 0. The van der Waals surface area contributed by atoms with Crippen molar-refractivity contribution >= 4 is 22.6 Å². The molecule has 0 aliphatic rings. The van der Waals surface area contributed by atoms with Gasteiger partial charge in [-0.15, -0.1) is 10.2 Å². The molecule has 0 radical (unpaired) electrons. The molecule has 0 aliphatic carbocycles. The smallest absolute Gasteiger partial charge is 0.255 e. The Kier molecular flexibility index (Phi) is 5.02. The summed E-state index contributed by atoms with van der Waals surface area (Å²) in [7, 11) is 0. The maximum absolute atomic E-state index is 12.7. The van der Waals surface area contributed by atoms with Gasteiger partial charge in [-0.2, -0.15) is 5.21 Å². The van der Waals surface area contributed by atoms with E-state index in [0.29, 0.717) is 29.0 Å². The molecule has 0 saturated carbocycles. The maximum Gasteiger partial charge on any atom is 0.255 e. The van der Waals surface area contributed by atoms with Gasteiger partial charge in [-0.1, -0.05) is 13.0 Å². The summed E-state index contributed by atoms with van der Waals surface area (Å²) in [6.07, 6.45) is 0.903. The van der Waals surface area contributed by atoms with E-state index in [4.69, 9.17) is 9.15 Å². The number of anilines is 1. The van der Waals surface area contributed by atoms with Crippen LogP contribution in [-0.4, -0.2) is 33.1 Å². The molecule has 0 fully saturated rings. The number of aromatic nitrogens is 4. The zero-order valence-corrected chi connectivity index (χ0v) is 15.5. The Morgan fingerprint density at radius 2 is 2.03 bits per heavy atom. The number of amides is 1. The number of fused-ring (bicyclic) bond motifs is 1. The molecular formula is C20H17N5O4. The lowest BCUT2D eigenvalue weighted by Crippen LogP contribution is -2.13. The summed E-state index contributed by atoms with van der Waals surface area (Å²) in [5.41, 5.74) is 0.763. The monoisotopic (exact) mass is 391 g/mol. The number of carbonyl (C=O) groups is 1. The third-order valence-electron chi connectivity index (χ3n) is 4.16. The fourth-order valence-electron chi connectivity index (χ4n) is 2.77. The molecule has 2 aromatic carbocycles. The van der Waals surface area contributed by atoms with Crippen LogP contribution in [0.3, 0.4) is 0 Å². The summed E-state index contributed by atoms with van der Waals surface area (Å²) < 4.78 is 11.3. The van der Waals surface area contributed by atoms with Gasteiger partial charge in [-0.3, -0.25) is 9.59 Å². The van der Waals surface area contributed by atoms with Gasteiger partial charge in [0.2, 0.25) is 5.82 Å². The number of rotatable bonds is 6. The van der Waals surface area contributed by atoms with Gasteiger partial charge in [0.25, 0.3) is 5.91 Å². The molecule has 1 amide bonds. The number of H-pyrrole nitrogens is 1. The van der Waals surface area contributed by atoms with Gasteiger partial charge in [0.05, 0.1) is 17.7 Å². The Labute approximate surface area is 164 Å². The van der Waals surface area contributed by atoms with Crippen LogP contribution in [0.1, 0.15) is 23.7 Å². The third-order valence-corrected chi connectivity index (χ3v) is 4.16. The second-order valence-electron chi connectivity index (χ2n) is 6.22. The van der Waals surface area contributed by atoms with Crippen LogP contribution in [0.2, 0.25) is 0 Å². The van der Waals surface area contributed by atoms with Gasteiger partial charge < -0.3 is 14.5 Å². The quantitative estimate of drug-likeness (QED) is 0.518. The molecule has 2 heterocycles. The van der Waals surface area contributed by atoms with Crippen LogP contribution in [0.5, 0.6) is 5.75 Å². The standard InChI is InChI=1S/C20H17N5O4/c1-2-10-28-13-8-6-12(7-9-13)20(27)21-15-5-3-4-14-16(26)11-17(29-18(14)15)19-22-24-25-23-19/h3-9,11H,2,10H2,1H3,(H,21,27)(H,22,23,24,25). The van der Waals surface area contributed by atoms with Crippen LogP contribution < -0.4 is 15.5 Å². The van der Waals surface area contributed by atoms with Crippen molar-refractivity contribution in [2.24, 2.45) is 0 Å². The first-order valence-corrected chi connectivity index (χ1v) is 9.00. The first kappa shape index (κ1) is 18.4. The SMILES string of the molecule is CCCOc1ccc(C(=O)Nc2cccc3c(=O)cc(-c4nn[nH]n4)oc23)cc1. The molecule has 29 heavy (non-hydrogen) atoms. The van der Waals surface area contributed by atoms with Crippen molar-refractivity contribution in [1.29, 1.82) is 0 Å². The molecule has 0 saturated heterocycles. The van der Waals surface area contributed by atoms with Crippen molar-refractivity contribution in [1.82, 2.24) is 20.6 Å². The van der Waals surface area contributed by atoms with Gasteiger partial charge in [0.15, 0.2) is 16.8 Å². The molecule has 2 aromatic heterocycles. The summed E-state index contributed by atoms with van der Waals surface area (Å²) in [4.78, 5) is 25.1. The van der Waals surface area contributed by atoms with E-state index < -0.39 is 0 Å². The highest BCUT2D eigenvalue weighted by molar-refractivity contribution is 6.08. The molecule has 0 atom stereocenters. The Bertz CT molecular complexity index is 1200. The highest BCUT2D eigenvalue weighted by Gasteiger charge is 2.15. The zero-order valence-electron chi connectivity index (χ0n) is 15.5. The minimum atomic E-state index is -0.341. The van der Waals surface area contributed by atoms with E-state index in [-0.39, 0.29) is 28.5 Å². The Hall–Kier alpha value is -4.01. The third kappa shape index (κ3) is 3.84. The van der Waals surface area contributed by atoms with E-state index in [0.717, 1.165) is 6.42 Å². The van der Waals surface area contributed by atoms with E-state index in [1.807, 2.05) is 6.92 Å². The number of aromatic amines is 1. The molecule has 0 aliphatic heterocycles. The van der Waals surface area contributed by atoms with Crippen LogP contribution in [0.25, 0.3) is 22.6 Å². The Morgan fingerprint density at radius 3 is 2.76 bits per heavy atom. The predicted octanol–water partition coefficient (Wildman–Crippen LogP) is 3.01. The number of hydrogen-bond donors (Lipinski definition) is 2. The van der Waals surface area contributed by atoms with Gasteiger partial charge in [0.1, 0.15) is 5.75 Å². The lowest BCUT2D eigenvalue weighted by atomic mass is 10.1. The normalized spacial score (nSPS) is 10.8. The van der Waals surface area contributed by atoms with E-state index >= 15 is 0 Å². The largest absolute Gasteiger partial charge is 0.494 e. The first-order valence-electron chi connectivity index (χ1n) is 9.00. The summed E-state index contributed by atoms with van der Waals surface area (Å²) in [5, 5.41) is 16.5. The van der Waals surface area contributed by atoms with Gasteiger partial charge in [-0.25, -0.2) is 0 Å². The number of para-hydroxylation sites is 1.